The summed E-state index contributed by atoms with van der Waals surface area (Å²) in [5.41, 5.74) is 4.82. The van der Waals surface area contributed by atoms with Gasteiger partial charge < -0.3 is 4.48 Å². The number of rotatable bonds is 5. The van der Waals surface area contributed by atoms with Crippen LogP contribution in [0.2, 0.25) is 0 Å². The Morgan fingerprint density at radius 1 is 0.600 bits per heavy atom. The van der Waals surface area contributed by atoms with Crippen molar-refractivity contribution >= 4 is 0 Å². The van der Waals surface area contributed by atoms with Gasteiger partial charge in [-0.1, -0.05) is 110 Å². The molecule has 5 rings (SSSR count). The zero-order chi connectivity index (χ0) is 28.8. The number of hydrogen-bond acceptors (Lipinski definition) is 0. The van der Waals surface area contributed by atoms with Gasteiger partial charge in [-0.3, -0.25) is 0 Å². The summed E-state index contributed by atoms with van der Waals surface area (Å²) in [5, 5.41) is 0. The molecular weight excluding hydrogens is 503 g/mol. The summed E-state index contributed by atoms with van der Waals surface area (Å²) in [6.45, 7) is 7.96. The normalized spacial score (nSPS) is 18.2. The van der Waals surface area contributed by atoms with Gasteiger partial charge in [0, 0.05) is 18.3 Å². The van der Waals surface area contributed by atoms with Crippen LogP contribution in [-0.2, 0) is 10.8 Å². The quantitative estimate of drug-likeness (QED) is 0.220. The highest BCUT2D eigenvalue weighted by Gasteiger charge is 2.53. The molecule has 1 atom stereocenters. The lowest BCUT2D eigenvalue weighted by atomic mass is 9.73. The van der Waals surface area contributed by atoms with Gasteiger partial charge in [0.2, 0.25) is 0 Å². The minimum absolute atomic E-state index is 0.166. The van der Waals surface area contributed by atoms with Crippen molar-refractivity contribution in [2.45, 2.75) is 50.6 Å². The van der Waals surface area contributed by atoms with E-state index in [0.29, 0.717) is 0 Å². The molecule has 1 unspecified atom stereocenters. The Hall–Kier alpha value is -3.37. The van der Waals surface area contributed by atoms with Gasteiger partial charge in [-0.05, 0) is 52.8 Å². The Labute approximate surface area is 236 Å². The van der Waals surface area contributed by atoms with Gasteiger partial charge in [0.25, 0.3) is 0 Å². The average Bonchev–Trinajstić information content (AvgIpc) is 2.94. The van der Waals surface area contributed by atoms with Crippen LogP contribution in [0.25, 0.3) is 22.3 Å². The van der Waals surface area contributed by atoms with Gasteiger partial charge in [-0.25, -0.2) is 0 Å². The number of likely N-dealkylation sites (tertiary alicyclic amines) is 1. The van der Waals surface area contributed by atoms with E-state index < -0.39 is 11.6 Å². The second-order valence-corrected chi connectivity index (χ2v) is 12.7. The van der Waals surface area contributed by atoms with Crippen LogP contribution in [0.1, 0.15) is 48.9 Å². The molecule has 1 aliphatic heterocycles. The maximum Gasteiger partial charge on any atom is 0.402 e. The Balaban J connectivity index is 1.40. The Bertz CT molecular complexity index is 1440. The number of nitrogens with zero attached hydrogens (tertiary/aromatic N) is 1. The standard InChI is InChI=1S/C36H39F3N/c1-26-6-8-27(9-7-26)29-12-18-32(19-13-29)35(3,36(37,38)39)33-20-14-30(15-21-33)28-10-16-31(17-11-28)34(2)22-24-40(4,5)25-23-34/h6-21H,22-25H2,1-5H3/q+1. The number of quaternary nitrogens is 1. The zero-order valence-electron chi connectivity index (χ0n) is 24.1. The molecule has 4 aromatic rings. The lowest BCUT2D eigenvalue weighted by Gasteiger charge is -2.43. The molecule has 1 heterocycles. The highest BCUT2D eigenvalue weighted by molar-refractivity contribution is 5.66. The predicted molar refractivity (Wildman–Crippen MR) is 159 cm³/mol. The summed E-state index contributed by atoms with van der Waals surface area (Å²) < 4.78 is 45.1. The largest absolute Gasteiger partial charge is 0.402 e. The highest BCUT2D eigenvalue weighted by atomic mass is 19.4. The van der Waals surface area contributed by atoms with Gasteiger partial charge in [-0.2, -0.15) is 13.2 Å². The molecule has 1 fully saturated rings. The van der Waals surface area contributed by atoms with E-state index in [-0.39, 0.29) is 16.5 Å². The minimum Gasteiger partial charge on any atom is -0.328 e. The first-order chi connectivity index (χ1) is 18.8. The summed E-state index contributed by atoms with van der Waals surface area (Å²) in [5.74, 6) is 0. The first kappa shape index (κ1) is 28.2. The lowest BCUT2D eigenvalue weighted by molar-refractivity contribution is -0.896. The van der Waals surface area contributed by atoms with Crippen molar-refractivity contribution in [2.24, 2.45) is 0 Å². The van der Waals surface area contributed by atoms with Crippen LogP contribution in [0, 0.1) is 6.92 Å². The molecule has 0 aliphatic carbocycles. The Kier molecular flexibility index (Phi) is 7.20. The molecular formula is C36H39F3N+. The second kappa shape index (κ2) is 10.2. The molecule has 0 amide bonds. The number of piperidine rings is 1. The maximum absolute atomic E-state index is 14.7. The average molecular weight is 543 g/mol. The van der Waals surface area contributed by atoms with E-state index in [1.54, 1.807) is 36.4 Å². The van der Waals surface area contributed by atoms with E-state index in [0.717, 1.165) is 58.2 Å². The van der Waals surface area contributed by atoms with E-state index in [1.807, 2.05) is 43.3 Å². The van der Waals surface area contributed by atoms with E-state index in [4.69, 9.17) is 0 Å². The van der Waals surface area contributed by atoms with Crippen LogP contribution < -0.4 is 0 Å². The van der Waals surface area contributed by atoms with Crippen LogP contribution in [-0.4, -0.2) is 37.8 Å². The molecule has 0 spiro atoms. The molecule has 0 saturated carbocycles. The fourth-order valence-corrected chi connectivity index (χ4v) is 5.92. The first-order valence-corrected chi connectivity index (χ1v) is 14.1. The third-order valence-corrected chi connectivity index (χ3v) is 9.33. The molecule has 0 radical (unpaired) electrons. The van der Waals surface area contributed by atoms with E-state index >= 15 is 0 Å². The summed E-state index contributed by atoms with van der Waals surface area (Å²) in [6.07, 6.45) is -2.16. The molecule has 4 aromatic carbocycles. The third-order valence-electron chi connectivity index (χ3n) is 9.33. The molecule has 0 aromatic heterocycles. The molecule has 40 heavy (non-hydrogen) atoms. The van der Waals surface area contributed by atoms with E-state index in [2.05, 4.69) is 45.3 Å². The molecule has 0 bridgehead atoms. The van der Waals surface area contributed by atoms with Crippen LogP contribution in [0.3, 0.4) is 0 Å². The van der Waals surface area contributed by atoms with E-state index in [9.17, 15) is 13.2 Å². The number of halogens is 3. The summed E-state index contributed by atoms with van der Waals surface area (Å²) >= 11 is 0. The molecule has 0 N–H and O–H groups in total. The van der Waals surface area contributed by atoms with Crippen molar-refractivity contribution in [3.05, 3.63) is 119 Å². The third kappa shape index (κ3) is 5.34. The molecule has 208 valence electrons. The fourth-order valence-electron chi connectivity index (χ4n) is 5.92. The van der Waals surface area contributed by atoms with Crippen molar-refractivity contribution in [1.29, 1.82) is 0 Å². The molecule has 1 nitrogen and oxygen atoms in total. The van der Waals surface area contributed by atoms with Gasteiger partial charge in [0.15, 0.2) is 0 Å². The Morgan fingerprint density at radius 3 is 1.32 bits per heavy atom. The van der Waals surface area contributed by atoms with Crippen molar-refractivity contribution in [2.75, 3.05) is 27.2 Å². The molecule has 1 saturated heterocycles. The van der Waals surface area contributed by atoms with Crippen molar-refractivity contribution in [1.82, 2.24) is 0 Å². The summed E-state index contributed by atoms with van der Waals surface area (Å²) in [6, 6.07) is 30.3. The number of hydrogen-bond donors (Lipinski definition) is 0. The van der Waals surface area contributed by atoms with Crippen LogP contribution in [0.5, 0.6) is 0 Å². The van der Waals surface area contributed by atoms with Gasteiger partial charge in [0.05, 0.1) is 27.2 Å². The van der Waals surface area contributed by atoms with Gasteiger partial charge >= 0.3 is 6.18 Å². The second-order valence-electron chi connectivity index (χ2n) is 12.7. The van der Waals surface area contributed by atoms with E-state index in [1.165, 1.54) is 12.5 Å². The summed E-state index contributed by atoms with van der Waals surface area (Å²) in [7, 11) is 4.58. The van der Waals surface area contributed by atoms with Crippen LogP contribution in [0.15, 0.2) is 97.1 Å². The Morgan fingerprint density at radius 2 is 0.950 bits per heavy atom. The van der Waals surface area contributed by atoms with Crippen LogP contribution in [0.4, 0.5) is 13.2 Å². The first-order valence-electron chi connectivity index (χ1n) is 14.1. The van der Waals surface area contributed by atoms with Crippen molar-refractivity contribution in [3.63, 3.8) is 0 Å². The molecule has 1 aliphatic rings. The van der Waals surface area contributed by atoms with Gasteiger partial charge in [-0.15, -0.1) is 0 Å². The number of alkyl halides is 3. The fraction of sp³-hybridized carbons (Fsp3) is 0.333. The topological polar surface area (TPSA) is 0 Å². The van der Waals surface area contributed by atoms with Crippen molar-refractivity contribution in [3.8, 4) is 22.3 Å². The smallest absolute Gasteiger partial charge is 0.328 e. The van der Waals surface area contributed by atoms with Crippen LogP contribution >= 0.6 is 0 Å². The minimum atomic E-state index is -4.45. The summed E-state index contributed by atoms with van der Waals surface area (Å²) in [4.78, 5) is 0. The lowest BCUT2D eigenvalue weighted by Crippen LogP contribution is -2.50. The van der Waals surface area contributed by atoms with Crippen molar-refractivity contribution < 1.29 is 17.7 Å². The van der Waals surface area contributed by atoms with Gasteiger partial charge in [0.1, 0.15) is 5.41 Å². The maximum atomic E-state index is 14.7. The predicted octanol–water partition coefficient (Wildman–Crippen LogP) is 9.33. The number of benzene rings is 4. The zero-order valence-corrected chi connectivity index (χ0v) is 24.1. The SMILES string of the molecule is Cc1ccc(-c2ccc(C(C)(c3ccc(-c4ccc(C5(C)CC[N+](C)(C)CC5)cc4)cc3)C(F)(F)F)cc2)cc1. The monoisotopic (exact) mass is 542 g/mol. The molecule has 4 heteroatoms. The highest BCUT2D eigenvalue weighted by Crippen LogP contribution is 2.47. The number of aryl methyl sites for hydroxylation is 1.